The molecule has 4 nitrogen and oxygen atoms in total. The zero-order valence-electron chi connectivity index (χ0n) is 33.9. The number of furan rings is 1. The van der Waals surface area contributed by atoms with Crippen LogP contribution in [0.4, 0.5) is 0 Å². The number of hydrogen-bond donors (Lipinski definition) is 0. The van der Waals surface area contributed by atoms with Crippen molar-refractivity contribution < 1.29 is 4.42 Å². The summed E-state index contributed by atoms with van der Waals surface area (Å²) in [5.74, 6) is 1.88. The largest absolute Gasteiger partial charge is 0.456 e. The average molecular weight is 822 g/mol. The molecular formula is C58H35N3OS. The zero-order chi connectivity index (χ0) is 41.5. The summed E-state index contributed by atoms with van der Waals surface area (Å²) in [6, 6.07) is 76.0. The van der Waals surface area contributed by atoms with E-state index in [9.17, 15) is 0 Å². The van der Waals surface area contributed by atoms with E-state index in [1.807, 2.05) is 84.1 Å². The van der Waals surface area contributed by atoms with Gasteiger partial charge in [0.05, 0.1) is 5.41 Å². The lowest BCUT2D eigenvalue weighted by atomic mass is 9.67. The fraction of sp³-hybridized carbons (Fsp3) is 0.0172. The van der Waals surface area contributed by atoms with Crippen LogP contribution in [0.3, 0.4) is 0 Å². The van der Waals surface area contributed by atoms with Gasteiger partial charge in [0, 0.05) is 47.6 Å². The van der Waals surface area contributed by atoms with Gasteiger partial charge in [-0.25, -0.2) is 15.0 Å². The summed E-state index contributed by atoms with van der Waals surface area (Å²) in [4.78, 5) is 14.9. The Morgan fingerprint density at radius 2 is 0.825 bits per heavy atom. The van der Waals surface area contributed by atoms with E-state index in [-0.39, 0.29) is 0 Å². The number of aromatic nitrogens is 3. The third-order valence-corrected chi connectivity index (χ3v) is 14.0. The van der Waals surface area contributed by atoms with E-state index in [1.165, 1.54) is 53.6 Å². The Balaban J connectivity index is 0.937. The van der Waals surface area contributed by atoms with Crippen molar-refractivity contribution in [3.05, 3.63) is 235 Å². The second kappa shape index (κ2) is 14.0. The monoisotopic (exact) mass is 821 g/mol. The molecule has 0 fully saturated rings. The number of nitrogens with zero attached hydrogens (tertiary/aromatic N) is 3. The van der Waals surface area contributed by atoms with E-state index in [1.54, 1.807) is 0 Å². The van der Waals surface area contributed by atoms with Crippen molar-refractivity contribution >= 4 is 53.4 Å². The van der Waals surface area contributed by atoms with Gasteiger partial charge in [-0.05, 0) is 93.0 Å². The third-order valence-electron chi connectivity index (χ3n) is 12.8. The topological polar surface area (TPSA) is 51.8 Å². The van der Waals surface area contributed by atoms with Crippen LogP contribution in [0.1, 0.15) is 22.3 Å². The molecule has 294 valence electrons. The Morgan fingerprint density at radius 3 is 1.48 bits per heavy atom. The predicted octanol–water partition coefficient (Wildman–Crippen LogP) is 15.2. The van der Waals surface area contributed by atoms with Crippen LogP contribution in [0, 0.1) is 0 Å². The maximum Gasteiger partial charge on any atom is 0.164 e. The van der Waals surface area contributed by atoms with Crippen molar-refractivity contribution in [3.63, 3.8) is 0 Å². The molecule has 0 bridgehead atoms. The molecule has 0 aliphatic heterocycles. The first-order valence-electron chi connectivity index (χ1n) is 21.2. The molecule has 3 aromatic heterocycles. The van der Waals surface area contributed by atoms with E-state index in [4.69, 9.17) is 19.4 Å². The Hall–Kier alpha value is -7.99. The van der Waals surface area contributed by atoms with Crippen LogP contribution in [0.25, 0.3) is 98.5 Å². The van der Waals surface area contributed by atoms with Gasteiger partial charge in [0.15, 0.2) is 17.5 Å². The third kappa shape index (κ3) is 5.57. The molecule has 12 aromatic rings. The molecule has 5 heteroatoms. The molecule has 0 amide bonds. The second-order valence-electron chi connectivity index (χ2n) is 16.3. The lowest BCUT2D eigenvalue weighted by Gasteiger charge is -2.34. The fourth-order valence-electron chi connectivity index (χ4n) is 9.93. The highest BCUT2D eigenvalue weighted by molar-refractivity contribution is 7.25. The van der Waals surface area contributed by atoms with Crippen molar-refractivity contribution in [1.29, 1.82) is 0 Å². The van der Waals surface area contributed by atoms with E-state index >= 15 is 0 Å². The first kappa shape index (κ1) is 35.7. The molecule has 0 saturated carbocycles. The average Bonchev–Trinajstić information content (AvgIpc) is 4.02. The maximum atomic E-state index is 6.43. The van der Waals surface area contributed by atoms with E-state index in [0.717, 1.165) is 49.8 Å². The summed E-state index contributed by atoms with van der Waals surface area (Å²) in [7, 11) is 0. The van der Waals surface area contributed by atoms with Crippen molar-refractivity contribution in [3.8, 4) is 56.4 Å². The minimum absolute atomic E-state index is 0.500. The lowest BCUT2D eigenvalue weighted by Crippen LogP contribution is -2.28. The van der Waals surface area contributed by atoms with Gasteiger partial charge >= 0.3 is 0 Å². The highest BCUT2D eigenvalue weighted by Gasteiger charge is 2.46. The smallest absolute Gasteiger partial charge is 0.164 e. The van der Waals surface area contributed by atoms with Gasteiger partial charge in [0.1, 0.15) is 11.2 Å². The molecule has 1 aliphatic rings. The summed E-state index contributed by atoms with van der Waals surface area (Å²) >= 11 is 1.86. The molecular weight excluding hydrogens is 787 g/mol. The molecule has 0 N–H and O–H groups in total. The van der Waals surface area contributed by atoms with Crippen molar-refractivity contribution in [1.82, 2.24) is 15.0 Å². The number of benzene rings is 9. The molecule has 3 heterocycles. The normalized spacial score (nSPS) is 12.9. The van der Waals surface area contributed by atoms with Crippen LogP contribution in [0.5, 0.6) is 0 Å². The lowest BCUT2D eigenvalue weighted by molar-refractivity contribution is 0.669. The standard InChI is InChI=1S/C58H35N3OS/c1-3-13-37(14-4-1)55-59-56(38-15-5-2-6-16-38)61-57(60-55)40-26-31-52-47(34-40)46-33-39(25-30-51(46)62-52)36-23-27-41(28-24-36)58(49-20-10-7-17-43(49)44-18-8-11-21-50(44)58)42-29-32-54-48(35-42)45-19-9-12-22-53(45)63-54/h1-35H. The summed E-state index contributed by atoms with van der Waals surface area (Å²) in [6.07, 6.45) is 0. The number of thiophene rings is 1. The van der Waals surface area contributed by atoms with Gasteiger partial charge in [0.2, 0.25) is 0 Å². The first-order chi connectivity index (χ1) is 31.2. The summed E-state index contributed by atoms with van der Waals surface area (Å²) in [6.45, 7) is 0. The van der Waals surface area contributed by atoms with Crippen LogP contribution in [0.15, 0.2) is 217 Å². The molecule has 0 spiro atoms. The van der Waals surface area contributed by atoms with Gasteiger partial charge in [-0.1, -0.05) is 164 Å². The SMILES string of the molecule is c1ccc(-c2nc(-c3ccccc3)nc(-c3ccc4oc5ccc(-c6ccc(C7(c8ccc9sc%10ccccc%10c9c8)c8ccccc8-c8ccccc87)cc6)cc5c4c3)n2)cc1. The van der Waals surface area contributed by atoms with Crippen molar-refractivity contribution in [2.45, 2.75) is 5.41 Å². The van der Waals surface area contributed by atoms with Crippen molar-refractivity contribution in [2.75, 3.05) is 0 Å². The molecule has 0 radical (unpaired) electrons. The molecule has 13 rings (SSSR count). The van der Waals surface area contributed by atoms with Crippen LogP contribution in [0.2, 0.25) is 0 Å². The molecule has 0 unspecified atom stereocenters. The summed E-state index contributed by atoms with van der Waals surface area (Å²) in [5.41, 5.74) is 13.9. The number of fused-ring (bicyclic) bond motifs is 9. The zero-order valence-corrected chi connectivity index (χ0v) is 34.7. The Bertz CT molecular complexity index is 3640. The quantitative estimate of drug-likeness (QED) is 0.168. The highest BCUT2D eigenvalue weighted by atomic mass is 32.1. The van der Waals surface area contributed by atoms with Crippen LogP contribution in [-0.4, -0.2) is 15.0 Å². The predicted molar refractivity (Wildman–Crippen MR) is 259 cm³/mol. The fourth-order valence-corrected chi connectivity index (χ4v) is 11.0. The minimum Gasteiger partial charge on any atom is -0.456 e. The number of rotatable bonds is 6. The van der Waals surface area contributed by atoms with E-state index < -0.39 is 5.41 Å². The maximum absolute atomic E-state index is 6.43. The van der Waals surface area contributed by atoms with Crippen LogP contribution in [-0.2, 0) is 5.41 Å². The molecule has 0 atom stereocenters. The van der Waals surface area contributed by atoms with Gasteiger partial charge < -0.3 is 4.42 Å². The van der Waals surface area contributed by atoms with Gasteiger partial charge in [-0.15, -0.1) is 11.3 Å². The molecule has 1 aliphatic carbocycles. The molecule has 63 heavy (non-hydrogen) atoms. The Labute approximate surface area is 367 Å². The number of hydrogen-bond acceptors (Lipinski definition) is 5. The Kier molecular flexibility index (Phi) is 7.96. The van der Waals surface area contributed by atoms with Gasteiger partial charge in [-0.3, -0.25) is 0 Å². The van der Waals surface area contributed by atoms with Crippen molar-refractivity contribution in [2.24, 2.45) is 0 Å². The van der Waals surface area contributed by atoms with Crippen LogP contribution < -0.4 is 0 Å². The van der Waals surface area contributed by atoms with Gasteiger partial charge in [-0.2, -0.15) is 0 Å². The summed E-state index contributed by atoms with van der Waals surface area (Å²) in [5, 5.41) is 4.67. The molecule has 9 aromatic carbocycles. The van der Waals surface area contributed by atoms with Crippen LogP contribution >= 0.6 is 11.3 Å². The minimum atomic E-state index is -0.500. The highest BCUT2D eigenvalue weighted by Crippen LogP contribution is 2.57. The first-order valence-corrected chi connectivity index (χ1v) is 22.1. The van der Waals surface area contributed by atoms with Gasteiger partial charge in [0.25, 0.3) is 0 Å². The summed E-state index contributed by atoms with van der Waals surface area (Å²) < 4.78 is 9.06. The molecule has 0 saturated heterocycles. The van der Waals surface area contributed by atoms with E-state index in [2.05, 4.69) is 140 Å². The Morgan fingerprint density at radius 1 is 0.333 bits per heavy atom. The second-order valence-corrected chi connectivity index (χ2v) is 17.4. The van der Waals surface area contributed by atoms with E-state index in [0.29, 0.717) is 17.5 Å².